The minimum atomic E-state index is -0.406. The molecule has 5 nitrogen and oxygen atoms in total. The van der Waals surface area contributed by atoms with E-state index >= 15 is 0 Å². The molecule has 0 N–H and O–H groups in total. The summed E-state index contributed by atoms with van der Waals surface area (Å²) in [5.74, 6) is 3.69. The third-order valence-corrected chi connectivity index (χ3v) is 7.46. The van der Waals surface area contributed by atoms with Crippen LogP contribution in [0, 0.1) is 22.7 Å². The molecule has 1 aromatic rings. The van der Waals surface area contributed by atoms with Gasteiger partial charge in [0.2, 0.25) is 0 Å². The van der Waals surface area contributed by atoms with Crippen molar-refractivity contribution in [3.05, 3.63) is 46.4 Å². The Balaban J connectivity index is 1.57. The molecule has 3 rings (SSSR count). The standard InChI is InChI=1S/C27H39NO4/c1-19(2)27(29)32-17-16-31-26-18-25(13-12-24(26)14-15-28-30)23-10-8-22(9-11-23)21-6-4-20(3)5-7-21/h12-13,18,20-23H,1,4-11,14-17H2,2-3H3. The van der Waals surface area contributed by atoms with Crippen molar-refractivity contribution in [1.29, 1.82) is 0 Å². The minimum Gasteiger partial charge on any atom is -0.490 e. The highest BCUT2D eigenvalue weighted by Crippen LogP contribution is 2.44. The van der Waals surface area contributed by atoms with Crippen molar-refractivity contribution >= 4 is 5.97 Å². The average Bonchev–Trinajstić information content (AvgIpc) is 2.81. The van der Waals surface area contributed by atoms with E-state index < -0.39 is 5.97 Å². The van der Waals surface area contributed by atoms with Gasteiger partial charge in [0.25, 0.3) is 0 Å². The van der Waals surface area contributed by atoms with Crippen molar-refractivity contribution in [3.8, 4) is 5.75 Å². The van der Waals surface area contributed by atoms with E-state index in [9.17, 15) is 9.70 Å². The maximum Gasteiger partial charge on any atom is 0.333 e. The quantitative estimate of drug-likeness (QED) is 0.178. The van der Waals surface area contributed by atoms with E-state index in [0.717, 1.165) is 29.1 Å². The topological polar surface area (TPSA) is 65.0 Å². The van der Waals surface area contributed by atoms with Crippen molar-refractivity contribution in [1.82, 2.24) is 0 Å². The van der Waals surface area contributed by atoms with Crippen LogP contribution in [0.3, 0.4) is 0 Å². The lowest BCUT2D eigenvalue weighted by molar-refractivity contribution is -0.139. The van der Waals surface area contributed by atoms with Gasteiger partial charge in [-0.15, -0.1) is 0 Å². The van der Waals surface area contributed by atoms with Crippen LogP contribution in [-0.2, 0) is 16.0 Å². The van der Waals surface area contributed by atoms with E-state index in [-0.39, 0.29) is 19.8 Å². The molecule has 0 amide bonds. The maximum atomic E-state index is 11.6. The summed E-state index contributed by atoms with van der Waals surface area (Å²) in [5.41, 5.74) is 2.67. The fraction of sp³-hybridized carbons (Fsp3) is 0.667. The Morgan fingerprint density at radius 2 is 1.69 bits per heavy atom. The highest BCUT2D eigenvalue weighted by Gasteiger charge is 2.30. The van der Waals surface area contributed by atoms with Crippen LogP contribution in [0.4, 0.5) is 0 Å². The molecular formula is C27H39NO4. The fourth-order valence-corrected chi connectivity index (χ4v) is 5.42. The summed E-state index contributed by atoms with van der Waals surface area (Å²) in [6, 6.07) is 6.40. The molecule has 0 aromatic heterocycles. The van der Waals surface area contributed by atoms with Crippen molar-refractivity contribution in [2.24, 2.45) is 22.9 Å². The number of benzene rings is 1. The zero-order valence-electron chi connectivity index (χ0n) is 19.8. The summed E-state index contributed by atoms with van der Waals surface area (Å²) in [7, 11) is 0. The molecule has 2 aliphatic rings. The first-order chi connectivity index (χ1) is 15.5. The highest BCUT2D eigenvalue weighted by molar-refractivity contribution is 5.86. The molecule has 2 fully saturated rings. The summed E-state index contributed by atoms with van der Waals surface area (Å²) in [5, 5.41) is 3.00. The van der Waals surface area contributed by atoms with Crippen LogP contribution in [0.15, 0.2) is 35.5 Å². The highest BCUT2D eigenvalue weighted by atomic mass is 16.6. The van der Waals surface area contributed by atoms with E-state index in [1.807, 2.05) is 0 Å². The Morgan fingerprint density at radius 1 is 1.03 bits per heavy atom. The molecule has 2 aliphatic carbocycles. The second-order valence-electron chi connectivity index (χ2n) is 9.87. The van der Waals surface area contributed by atoms with Crippen LogP contribution < -0.4 is 4.74 Å². The van der Waals surface area contributed by atoms with Crippen molar-refractivity contribution in [2.45, 2.75) is 77.6 Å². The van der Waals surface area contributed by atoms with Crippen molar-refractivity contribution in [2.75, 3.05) is 19.8 Å². The van der Waals surface area contributed by atoms with E-state index in [1.54, 1.807) is 6.92 Å². The smallest absolute Gasteiger partial charge is 0.333 e. The van der Waals surface area contributed by atoms with Gasteiger partial charge in [0, 0.05) is 5.57 Å². The second-order valence-corrected chi connectivity index (χ2v) is 9.87. The number of hydrogen-bond acceptors (Lipinski definition) is 5. The predicted molar refractivity (Wildman–Crippen MR) is 128 cm³/mol. The van der Waals surface area contributed by atoms with Gasteiger partial charge >= 0.3 is 5.97 Å². The van der Waals surface area contributed by atoms with Crippen molar-refractivity contribution in [3.63, 3.8) is 0 Å². The van der Waals surface area contributed by atoms with Crippen LogP contribution in [0.25, 0.3) is 0 Å². The summed E-state index contributed by atoms with van der Waals surface area (Å²) < 4.78 is 11.1. The molecule has 32 heavy (non-hydrogen) atoms. The van der Waals surface area contributed by atoms with Crippen LogP contribution in [0.1, 0.15) is 82.3 Å². The zero-order chi connectivity index (χ0) is 22.9. The number of ether oxygens (including phenoxy) is 2. The van der Waals surface area contributed by atoms with Crippen molar-refractivity contribution < 1.29 is 14.3 Å². The third-order valence-electron chi connectivity index (χ3n) is 7.46. The number of carbonyl (C=O) groups excluding carboxylic acids is 1. The molecule has 5 heteroatoms. The molecule has 0 radical (unpaired) electrons. The van der Waals surface area contributed by atoms with Gasteiger partial charge in [0.15, 0.2) is 0 Å². The van der Waals surface area contributed by atoms with Gasteiger partial charge in [-0.2, -0.15) is 4.91 Å². The molecular weight excluding hydrogens is 402 g/mol. The molecule has 176 valence electrons. The Labute approximate surface area is 192 Å². The first-order valence-corrected chi connectivity index (χ1v) is 12.3. The van der Waals surface area contributed by atoms with Gasteiger partial charge in [0.05, 0.1) is 6.54 Å². The van der Waals surface area contributed by atoms with E-state index in [2.05, 4.69) is 36.9 Å². The van der Waals surface area contributed by atoms with Crippen LogP contribution >= 0.6 is 0 Å². The van der Waals surface area contributed by atoms with E-state index in [0.29, 0.717) is 17.9 Å². The Kier molecular flexibility index (Phi) is 9.31. The molecule has 1 aromatic carbocycles. The molecule has 0 bridgehead atoms. The van der Waals surface area contributed by atoms with Crippen LogP contribution in [0.2, 0.25) is 0 Å². The number of nitroso groups, excluding NO2 is 1. The Morgan fingerprint density at radius 3 is 2.31 bits per heavy atom. The number of rotatable bonds is 10. The summed E-state index contributed by atoms with van der Waals surface area (Å²) in [4.78, 5) is 22.2. The molecule has 0 saturated heterocycles. The molecule has 0 heterocycles. The average molecular weight is 442 g/mol. The minimum absolute atomic E-state index is 0.173. The lowest BCUT2D eigenvalue weighted by atomic mass is 9.68. The van der Waals surface area contributed by atoms with Gasteiger partial charge in [0.1, 0.15) is 19.0 Å². The Hall–Kier alpha value is -2.17. The van der Waals surface area contributed by atoms with Gasteiger partial charge in [-0.1, -0.05) is 43.7 Å². The number of hydrogen-bond donors (Lipinski definition) is 0. The SMILES string of the molecule is C=C(C)C(=O)OCCOc1cc(C2CCC(C3CCC(C)CC3)CC2)ccc1CCN=O. The van der Waals surface area contributed by atoms with Gasteiger partial charge < -0.3 is 9.47 Å². The van der Waals surface area contributed by atoms with Crippen LogP contribution in [0.5, 0.6) is 5.75 Å². The lowest BCUT2D eigenvalue weighted by Gasteiger charge is -2.37. The molecule has 0 spiro atoms. The second kappa shape index (κ2) is 12.2. The predicted octanol–water partition coefficient (Wildman–Crippen LogP) is 6.59. The van der Waals surface area contributed by atoms with Crippen LogP contribution in [-0.4, -0.2) is 25.7 Å². The summed E-state index contributed by atoms with van der Waals surface area (Å²) in [6.45, 7) is 8.28. The first-order valence-electron chi connectivity index (χ1n) is 12.3. The maximum absolute atomic E-state index is 11.6. The lowest BCUT2D eigenvalue weighted by Crippen LogP contribution is -2.24. The molecule has 0 atom stereocenters. The monoisotopic (exact) mass is 441 g/mol. The molecule has 0 unspecified atom stereocenters. The van der Waals surface area contributed by atoms with Gasteiger partial charge in [-0.05, 0) is 92.7 Å². The molecule has 0 aliphatic heterocycles. The largest absolute Gasteiger partial charge is 0.490 e. The zero-order valence-corrected chi connectivity index (χ0v) is 19.8. The first kappa shape index (κ1) is 24.5. The Bertz CT molecular complexity index is 774. The summed E-state index contributed by atoms with van der Waals surface area (Å²) >= 11 is 0. The van der Waals surface area contributed by atoms with Gasteiger partial charge in [-0.25, -0.2) is 4.79 Å². The van der Waals surface area contributed by atoms with Gasteiger partial charge in [-0.3, -0.25) is 0 Å². The van der Waals surface area contributed by atoms with E-state index in [4.69, 9.17) is 9.47 Å². The number of carbonyl (C=O) groups is 1. The summed E-state index contributed by atoms with van der Waals surface area (Å²) in [6.07, 6.45) is 11.3. The molecule has 2 saturated carbocycles. The van der Waals surface area contributed by atoms with E-state index in [1.165, 1.54) is 56.9 Å². The third kappa shape index (κ3) is 6.91. The fourth-order valence-electron chi connectivity index (χ4n) is 5.42. The number of esters is 1. The number of nitrogens with zero attached hydrogens (tertiary/aromatic N) is 1. The normalized spacial score (nSPS) is 25.7.